The van der Waals surface area contributed by atoms with Crippen LogP contribution in [0, 0.1) is 5.82 Å². The molecule has 3 aromatic rings. The van der Waals surface area contributed by atoms with Gasteiger partial charge in [-0.3, -0.25) is 9.98 Å². The Morgan fingerprint density at radius 2 is 1.46 bits per heavy atom. The van der Waals surface area contributed by atoms with E-state index < -0.39 is 0 Å². The van der Waals surface area contributed by atoms with Crippen molar-refractivity contribution in [1.29, 1.82) is 0 Å². The Morgan fingerprint density at radius 1 is 0.821 bits per heavy atom. The Kier molecular flexibility index (Phi) is 5.02. The summed E-state index contributed by atoms with van der Waals surface area (Å²) in [5, 5.41) is 0. The molecule has 0 unspecified atom stereocenters. The lowest BCUT2D eigenvalue weighted by Gasteiger charge is -2.10. The molecule has 0 bridgehead atoms. The Balaban J connectivity index is 1.70. The molecule has 0 radical (unpaired) electrons. The molecule has 1 aliphatic rings. The van der Waals surface area contributed by atoms with Gasteiger partial charge in [0.1, 0.15) is 11.6 Å². The van der Waals surface area contributed by atoms with Crippen molar-refractivity contribution in [2.24, 2.45) is 4.99 Å². The maximum absolute atomic E-state index is 13.4. The van der Waals surface area contributed by atoms with E-state index in [2.05, 4.69) is 4.98 Å². The molecule has 0 atom stereocenters. The van der Waals surface area contributed by atoms with Gasteiger partial charge in [0, 0.05) is 24.4 Å². The number of pyridine rings is 1. The average molecular weight is 372 g/mol. The van der Waals surface area contributed by atoms with Gasteiger partial charge in [0.2, 0.25) is 0 Å². The highest BCUT2D eigenvalue weighted by atomic mass is 19.1. The van der Waals surface area contributed by atoms with Crippen LogP contribution in [-0.4, -0.2) is 16.8 Å². The minimum absolute atomic E-state index is 0.139. The van der Waals surface area contributed by atoms with E-state index >= 15 is 0 Å². The maximum atomic E-state index is 13.4. The van der Waals surface area contributed by atoms with Crippen molar-refractivity contribution in [3.05, 3.63) is 95.6 Å². The van der Waals surface area contributed by atoms with Crippen LogP contribution in [-0.2, 0) is 0 Å². The summed E-state index contributed by atoms with van der Waals surface area (Å²) in [7, 11) is 0. The average Bonchev–Trinajstić information content (AvgIpc) is 3.15. The third-order valence-electron chi connectivity index (χ3n) is 4.58. The van der Waals surface area contributed by atoms with Crippen molar-refractivity contribution in [1.82, 2.24) is 4.98 Å². The fourth-order valence-corrected chi connectivity index (χ4v) is 3.30. The van der Waals surface area contributed by atoms with Gasteiger partial charge < -0.3 is 4.74 Å². The van der Waals surface area contributed by atoms with Gasteiger partial charge in [0.25, 0.3) is 0 Å². The molecule has 4 heteroatoms. The lowest BCUT2D eigenvalue weighted by Crippen LogP contribution is -2.05. The predicted molar refractivity (Wildman–Crippen MR) is 111 cm³/mol. The molecular formula is C24H21FN2O. The van der Waals surface area contributed by atoms with Crippen LogP contribution in [0.2, 0.25) is 0 Å². The third kappa shape index (κ3) is 3.86. The first-order valence-corrected chi connectivity index (χ1v) is 9.34. The standard InChI is InChI=1S/C24H21FN2O/c1-16(2)28-21-9-5-18(6-10-21)23-15-22(17-11-13-26-14-12-17)24(27-23)19-3-7-20(25)8-4-19/h3-14,16H,15H2,1-2H3. The second-order valence-corrected chi connectivity index (χ2v) is 7.00. The fraction of sp³-hybridized carbons (Fsp3) is 0.167. The summed E-state index contributed by atoms with van der Waals surface area (Å²) in [6.07, 6.45) is 4.40. The normalized spacial score (nSPS) is 13.8. The number of hydrogen-bond donors (Lipinski definition) is 0. The Bertz CT molecular complexity index is 1020. The van der Waals surface area contributed by atoms with Crippen molar-refractivity contribution in [2.45, 2.75) is 26.4 Å². The van der Waals surface area contributed by atoms with Crippen LogP contribution in [0.1, 0.15) is 37.0 Å². The molecule has 4 rings (SSSR count). The van der Waals surface area contributed by atoms with Crippen molar-refractivity contribution in [3.63, 3.8) is 0 Å². The largest absolute Gasteiger partial charge is 0.491 e. The van der Waals surface area contributed by atoms with Gasteiger partial charge in [0.05, 0.1) is 17.5 Å². The molecule has 0 amide bonds. The first-order valence-electron chi connectivity index (χ1n) is 9.34. The van der Waals surface area contributed by atoms with Gasteiger partial charge in [-0.2, -0.15) is 0 Å². The molecule has 0 saturated heterocycles. The number of benzene rings is 2. The zero-order chi connectivity index (χ0) is 19.5. The van der Waals surface area contributed by atoms with Gasteiger partial charge in [-0.15, -0.1) is 0 Å². The first-order chi connectivity index (χ1) is 13.6. The number of nitrogens with zero attached hydrogens (tertiary/aromatic N) is 2. The lowest BCUT2D eigenvalue weighted by molar-refractivity contribution is 0.242. The summed E-state index contributed by atoms with van der Waals surface area (Å²) in [4.78, 5) is 9.03. The zero-order valence-electron chi connectivity index (χ0n) is 15.9. The van der Waals surface area contributed by atoms with E-state index in [9.17, 15) is 4.39 Å². The first kappa shape index (κ1) is 18.1. The van der Waals surface area contributed by atoms with Crippen LogP contribution in [0.15, 0.2) is 78.0 Å². The summed E-state index contributed by atoms with van der Waals surface area (Å²) in [5.41, 5.74) is 6.02. The Labute approximate surface area is 164 Å². The molecule has 3 nitrogen and oxygen atoms in total. The SMILES string of the molecule is CC(C)Oc1ccc(C2=NC(c3ccc(F)cc3)=C(c3ccncc3)C2)cc1. The zero-order valence-corrected chi connectivity index (χ0v) is 15.9. The number of rotatable bonds is 5. The Hall–Kier alpha value is -3.27. The minimum atomic E-state index is -0.252. The fourth-order valence-electron chi connectivity index (χ4n) is 3.30. The van der Waals surface area contributed by atoms with Crippen molar-refractivity contribution in [2.75, 3.05) is 0 Å². The van der Waals surface area contributed by atoms with E-state index in [4.69, 9.17) is 9.73 Å². The summed E-state index contributed by atoms with van der Waals surface area (Å²) in [5.74, 6) is 0.594. The monoisotopic (exact) mass is 372 g/mol. The van der Waals surface area contributed by atoms with Crippen molar-refractivity contribution in [3.8, 4) is 5.75 Å². The molecule has 0 saturated carbocycles. The second kappa shape index (κ2) is 7.77. The number of ether oxygens (including phenoxy) is 1. The molecule has 1 aromatic heterocycles. The smallest absolute Gasteiger partial charge is 0.123 e. The van der Waals surface area contributed by atoms with Crippen LogP contribution < -0.4 is 4.74 Å². The topological polar surface area (TPSA) is 34.5 Å². The van der Waals surface area contributed by atoms with Crippen LogP contribution in [0.3, 0.4) is 0 Å². The third-order valence-corrected chi connectivity index (χ3v) is 4.58. The van der Waals surface area contributed by atoms with Gasteiger partial charge in [-0.05, 0) is 91.2 Å². The Morgan fingerprint density at radius 3 is 2.11 bits per heavy atom. The molecule has 2 aromatic carbocycles. The van der Waals surface area contributed by atoms with Crippen LogP contribution in [0.4, 0.5) is 4.39 Å². The molecule has 28 heavy (non-hydrogen) atoms. The summed E-state index contributed by atoms with van der Waals surface area (Å²) in [6, 6.07) is 18.5. The molecule has 0 N–H and O–H groups in total. The van der Waals surface area contributed by atoms with E-state index in [1.54, 1.807) is 24.5 Å². The van der Waals surface area contributed by atoms with Gasteiger partial charge in [-0.25, -0.2) is 4.39 Å². The molecule has 2 heterocycles. The van der Waals surface area contributed by atoms with E-state index in [0.717, 1.165) is 39.4 Å². The molecule has 1 aliphatic heterocycles. The molecule has 0 aliphatic carbocycles. The van der Waals surface area contributed by atoms with Gasteiger partial charge in [-0.1, -0.05) is 0 Å². The van der Waals surface area contributed by atoms with Crippen molar-refractivity contribution < 1.29 is 9.13 Å². The number of hydrogen-bond acceptors (Lipinski definition) is 3. The number of halogens is 1. The van der Waals surface area contributed by atoms with E-state index in [1.807, 2.05) is 50.2 Å². The number of aromatic nitrogens is 1. The molecule has 0 spiro atoms. The summed E-state index contributed by atoms with van der Waals surface area (Å²) < 4.78 is 19.1. The van der Waals surface area contributed by atoms with Crippen molar-refractivity contribution >= 4 is 17.0 Å². The van der Waals surface area contributed by atoms with E-state index in [0.29, 0.717) is 6.42 Å². The molecule has 140 valence electrons. The predicted octanol–water partition coefficient (Wildman–Crippen LogP) is 5.77. The number of allylic oxidation sites excluding steroid dienone is 1. The number of aliphatic imine (C=N–C) groups is 1. The quantitative estimate of drug-likeness (QED) is 0.570. The second-order valence-electron chi connectivity index (χ2n) is 7.00. The van der Waals surface area contributed by atoms with E-state index in [-0.39, 0.29) is 11.9 Å². The van der Waals surface area contributed by atoms with Gasteiger partial charge >= 0.3 is 0 Å². The van der Waals surface area contributed by atoms with Gasteiger partial charge in [0.15, 0.2) is 0 Å². The highest BCUT2D eigenvalue weighted by molar-refractivity contribution is 6.16. The highest BCUT2D eigenvalue weighted by Gasteiger charge is 2.22. The summed E-state index contributed by atoms with van der Waals surface area (Å²) in [6.45, 7) is 4.02. The summed E-state index contributed by atoms with van der Waals surface area (Å²) >= 11 is 0. The maximum Gasteiger partial charge on any atom is 0.123 e. The molecule has 0 fully saturated rings. The van der Waals surface area contributed by atoms with E-state index in [1.165, 1.54) is 12.1 Å². The van der Waals surface area contributed by atoms with Crippen LogP contribution in [0.5, 0.6) is 5.75 Å². The highest BCUT2D eigenvalue weighted by Crippen LogP contribution is 2.37. The van der Waals surface area contributed by atoms with Crippen LogP contribution >= 0.6 is 0 Å². The minimum Gasteiger partial charge on any atom is -0.491 e. The molecular weight excluding hydrogens is 351 g/mol. The lowest BCUT2D eigenvalue weighted by atomic mass is 9.97. The van der Waals surface area contributed by atoms with Crippen LogP contribution in [0.25, 0.3) is 11.3 Å².